The van der Waals surface area contributed by atoms with Crippen molar-refractivity contribution in [2.24, 2.45) is 0 Å². The number of nitrogens with zero attached hydrogens (tertiary/aromatic N) is 3. The zero-order valence-electron chi connectivity index (χ0n) is 17.5. The van der Waals surface area contributed by atoms with E-state index in [9.17, 15) is 18.0 Å². The number of hydrogen-bond acceptors (Lipinski definition) is 4. The van der Waals surface area contributed by atoms with Gasteiger partial charge >= 0.3 is 0 Å². The molecule has 2 aromatic rings. The molecule has 0 aliphatic carbocycles. The van der Waals surface area contributed by atoms with Crippen LogP contribution in [0.25, 0.3) is 0 Å². The minimum atomic E-state index is -1.14. The second kappa shape index (κ2) is 9.28. The number of piperazine rings is 1. The Kier molecular flexibility index (Phi) is 6.48. The summed E-state index contributed by atoms with van der Waals surface area (Å²) >= 11 is 0. The fourth-order valence-corrected chi connectivity index (χ4v) is 4.15. The molecule has 31 heavy (non-hydrogen) atoms. The molecule has 166 valence electrons. The van der Waals surface area contributed by atoms with E-state index in [-0.39, 0.29) is 18.0 Å². The normalized spacial score (nSPS) is 17.7. The number of carbonyl (C=O) groups excluding carboxylic acids is 1. The molecule has 0 aromatic heterocycles. The predicted molar refractivity (Wildman–Crippen MR) is 110 cm³/mol. The molecule has 1 saturated heterocycles. The highest BCUT2D eigenvalue weighted by Crippen LogP contribution is 2.27. The van der Waals surface area contributed by atoms with Crippen LogP contribution in [0.15, 0.2) is 30.3 Å². The third-order valence-corrected chi connectivity index (χ3v) is 5.93. The van der Waals surface area contributed by atoms with E-state index in [0.717, 1.165) is 61.7 Å². The number of halogens is 3. The predicted octanol–water partition coefficient (Wildman–Crippen LogP) is 3.16. The first-order chi connectivity index (χ1) is 14.9. The Labute approximate surface area is 180 Å². The molecule has 0 atom stereocenters. The molecule has 2 aromatic carbocycles. The van der Waals surface area contributed by atoms with Gasteiger partial charge in [-0.3, -0.25) is 14.6 Å². The summed E-state index contributed by atoms with van der Waals surface area (Å²) in [5.74, 6) is -2.07. The van der Waals surface area contributed by atoms with Crippen LogP contribution in [0.4, 0.5) is 13.2 Å². The van der Waals surface area contributed by atoms with Gasteiger partial charge in [0.25, 0.3) is 0 Å². The van der Waals surface area contributed by atoms with Crippen LogP contribution in [-0.4, -0.2) is 59.9 Å². The Morgan fingerprint density at radius 1 is 0.935 bits per heavy atom. The minimum Gasteiger partial charge on any atom is -0.492 e. The molecule has 2 aliphatic heterocycles. The average molecular weight is 433 g/mol. The first-order valence-corrected chi connectivity index (χ1v) is 10.5. The van der Waals surface area contributed by atoms with Crippen molar-refractivity contribution in [1.82, 2.24) is 14.7 Å². The van der Waals surface area contributed by atoms with E-state index in [0.29, 0.717) is 19.7 Å². The molecule has 5 nitrogen and oxygen atoms in total. The third-order valence-electron chi connectivity index (χ3n) is 5.93. The van der Waals surface area contributed by atoms with Gasteiger partial charge in [-0.25, -0.2) is 13.2 Å². The first kappa shape index (κ1) is 21.6. The van der Waals surface area contributed by atoms with Crippen LogP contribution in [0.5, 0.6) is 5.75 Å². The molecule has 1 fully saturated rings. The van der Waals surface area contributed by atoms with Crippen molar-refractivity contribution in [1.29, 1.82) is 0 Å². The summed E-state index contributed by atoms with van der Waals surface area (Å²) in [5, 5.41) is 0. The minimum absolute atomic E-state index is 0.0323. The van der Waals surface area contributed by atoms with Crippen molar-refractivity contribution in [2.75, 3.05) is 39.3 Å². The van der Waals surface area contributed by atoms with Crippen LogP contribution in [0.3, 0.4) is 0 Å². The van der Waals surface area contributed by atoms with E-state index in [2.05, 4.69) is 11.0 Å². The number of amides is 1. The van der Waals surface area contributed by atoms with Gasteiger partial charge in [0.1, 0.15) is 18.2 Å². The van der Waals surface area contributed by atoms with Crippen LogP contribution >= 0.6 is 0 Å². The number of rotatable bonds is 4. The van der Waals surface area contributed by atoms with Gasteiger partial charge in [-0.2, -0.15) is 0 Å². The lowest BCUT2D eigenvalue weighted by Crippen LogP contribution is -2.47. The van der Waals surface area contributed by atoms with Crippen molar-refractivity contribution in [2.45, 2.75) is 26.6 Å². The molecule has 4 rings (SSSR count). The van der Waals surface area contributed by atoms with Gasteiger partial charge in [-0.15, -0.1) is 0 Å². The first-order valence-electron chi connectivity index (χ1n) is 10.5. The second-order valence-corrected chi connectivity index (χ2v) is 8.11. The SMILES string of the molecule is CC(=O)N1CCN(Cc2ccc3c(c2)CN(Cc2c(F)ccc(F)c2F)CCO3)CC1. The van der Waals surface area contributed by atoms with E-state index in [1.807, 2.05) is 21.9 Å². The Balaban J connectivity index is 1.45. The summed E-state index contributed by atoms with van der Waals surface area (Å²) in [4.78, 5) is 17.5. The molecule has 0 spiro atoms. The third kappa shape index (κ3) is 5.02. The summed E-state index contributed by atoms with van der Waals surface area (Å²) in [6.45, 7) is 6.72. The van der Waals surface area contributed by atoms with E-state index in [1.54, 1.807) is 6.92 Å². The highest BCUT2D eigenvalue weighted by Gasteiger charge is 2.22. The molecule has 0 saturated carbocycles. The monoisotopic (exact) mass is 433 g/mol. The van der Waals surface area contributed by atoms with Gasteiger partial charge in [0.2, 0.25) is 5.91 Å². The lowest BCUT2D eigenvalue weighted by Gasteiger charge is -2.34. The van der Waals surface area contributed by atoms with Crippen LogP contribution in [0.1, 0.15) is 23.6 Å². The maximum Gasteiger partial charge on any atom is 0.219 e. The quantitative estimate of drug-likeness (QED) is 0.694. The zero-order valence-corrected chi connectivity index (χ0v) is 17.5. The molecule has 1 amide bonds. The molecular formula is C23H26F3N3O2. The van der Waals surface area contributed by atoms with Gasteiger partial charge < -0.3 is 9.64 Å². The van der Waals surface area contributed by atoms with E-state index >= 15 is 0 Å². The topological polar surface area (TPSA) is 36.0 Å². The molecule has 0 N–H and O–H groups in total. The van der Waals surface area contributed by atoms with Crippen LogP contribution in [-0.2, 0) is 24.4 Å². The molecule has 2 heterocycles. The molecule has 0 unspecified atom stereocenters. The average Bonchev–Trinajstić information content (AvgIpc) is 2.95. The highest BCUT2D eigenvalue weighted by molar-refractivity contribution is 5.73. The van der Waals surface area contributed by atoms with Crippen LogP contribution in [0, 0.1) is 17.5 Å². The molecular weight excluding hydrogens is 407 g/mol. The lowest BCUT2D eigenvalue weighted by molar-refractivity contribution is -0.130. The van der Waals surface area contributed by atoms with Crippen molar-refractivity contribution in [3.05, 3.63) is 64.5 Å². The zero-order chi connectivity index (χ0) is 22.0. The highest BCUT2D eigenvalue weighted by atomic mass is 19.2. The Morgan fingerprint density at radius 3 is 2.42 bits per heavy atom. The Morgan fingerprint density at radius 2 is 1.68 bits per heavy atom. The van der Waals surface area contributed by atoms with E-state index in [1.165, 1.54) is 0 Å². The smallest absolute Gasteiger partial charge is 0.219 e. The van der Waals surface area contributed by atoms with Crippen LogP contribution < -0.4 is 4.74 Å². The Bertz CT molecular complexity index is 961. The lowest BCUT2D eigenvalue weighted by atomic mass is 10.1. The summed E-state index contributed by atoms with van der Waals surface area (Å²) in [5.41, 5.74) is 1.79. The summed E-state index contributed by atoms with van der Waals surface area (Å²) in [6, 6.07) is 7.78. The summed E-state index contributed by atoms with van der Waals surface area (Å²) in [6.07, 6.45) is 0. The number of benzene rings is 2. The molecule has 8 heteroatoms. The number of hydrogen-bond donors (Lipinski definition) is 0. The van der Waals surface area contributed by atoms with E-state index in [4.69, 9.17) is 4.74 Å². The van der Waals surface area contributed by atoms with Crippen LogP contribution in [0.2, 0.25) is 0 Å². The van der Waals surface area contributed by atoms with Crippen molar-refractivity contribution in [3.63, 3.8) is 0 Å². The van der Waals surface area contributed by atoms with Crippen molar-refractivity contribution < 1.29 is 22.7 Å². The second-order valence-electron chi connectivity index (χ2n) is 8.11. The van der Waals surface area contributed by atoms with Gasteiger partial charge in [0.15, 0.2) is 11.6 Å². The van der Waals surface area contributed by atoms with E-state index < -0.39 is 17.5 Å². The van der Waals surface area contributed by atoms with Gasteiger partial charge in [-0.05, 0) is 29.8 Å². The number of ether oxygens (including phenoxy) is 1. The molecule has 2 aliphatic rings. The standard InChI is InChI=1S/C23H26F3N3O2/c1-16(30)29-8-6-27(7-9-29)13-17-2-5-22-18(12-17)14-28(10-11-31-22)15-19-20(24)3-4-21(25)23(19)26/h2-5,12H,6-11,13-15H2,1H3. The fourth-order valence-electron chi connectivity index (χ4n) is 4.15. The maximum atomic E-state index is 14.1. The van der Waals surface area contributed by atoms with Gasteiger partial charge in [-0.1, -0.05) is 6.07 Å². The largest absolute Gasteiger partial charge is 0.492 e. The maximum absolute atomic E-state index is 14.1. The molecule has 0 radical (unpaired) electrons. The molecule has 0 bridgehead atoms. The number of fused-ring (bicyclic) bond motifs is 1. The van der Waals surface area contributed by atoms with Crippen molar-refractivity contribution >= 4 is 5.91 Å². The van der Waals surface area contributed by atoms with Gasteiger partial charge in [0.05, 0.1) is 0 Å². The summed E-state index contributed by atoms with van der Waals surface area (Å²) < 4.78 is 47.6. The summed E-state index contributed by atoms with van der Waals surface area (Å²) in [7, 11) is 0. The number of carbonyl (C=O) groups is 1. The van der Waals surface area contributed by atoms with Gasteiger partial charge in [0, 0.05) is 70.4 Å². The Hall–Kier alpha value is -2.58. The van der Waals surface area contributed by atoms with Crippen molar-refractivity contribution in [3.8, 4) is 5.75 Å². The fraction of sp³-hybridized carbons (Fsp3) is 0.435.